The van der Waals surface area contributed by atoms with Gasteiger partial charge >= 0.3 is 0 Å². The van der Waals surface area contributed by atoms with E-state index >= 15 is 0 Å². The van der Waals surface area contributed by atoms with Crippen LogP contribution in [0.2, 0.25) is 0 Å². The first kappa shape index (κ1) is 16.3. The summed E-state index contributed by atoms with van der Waals surface area (Å²) in [4.78, 5) is 2.06. The zero-order valence-electron chi connectivity index (χ0n) is 10.6. The molecule has 2 aromatic carbocycles. The SMILES string of the molecule is CC.CN(c1[c-]cccc1)c1[c-]cccc1.[Y]. The molecule has 0 saturated heterocycles. The number of rotatable bonds is 2. The third-order valence-corrected chi connectivity index (χ3v) is 2.11. The molecule has 0 amide bonds. The number of benzene rings is 2. The number of para-hydroxylation sites is 2. The van der Waals surface area contributed by atoms with Gasteiger partial charge in [-0.2, -0.15) is 48.5 Å². The van der Waals surface area contributed by atoms with Crippen molar-refractivity contribution in [1.82, 2.24) is 0 Å². The van der Waals surface area contributed by atoms with Crippen molar-refractivity contribution in [2.45, 2.75) is 13.8 Å². The van der Waals surface area contributed by atoms with Crippen LogP contribution in [0.15, 0.2) is 48.5 Å². The molecule has 0 atom stereocenters. The van der Waals surface area contributed by atoms with Gasteiger partial charge in [0.1, 0.15) is 0 Å². The molecule has 0 spiro atoms. The Morgan fingerprint density at radius 1 is 0.824 bits per heavy atom. The predicted molar refractivity (Wildman–Crippen MR) is 70.0 cm³/mol. The molecular weight excluding hydrogens is 283 g/mol. The maximum Gasteiger partial charge on any atom is 0.00724 e. The van der Waals surface area contributed by atoms with E-state index < -0.39 is 0 Å². The van der Waals surface area contributed by atoms with Crippen LogP contribution in [0.5, 0.6) is 0 Å². The summed E-state index contributed by atoms with van der Waals surface area (Å²) < 4.78 is 0. The monoisotopic (exact) mass is 300 g/mol. The van der Waals surface area contributed by atoms with Crippen LogP contribution in [-0.2, 0) is 32.7 Å². The second kappa shape index (κ2) is 9.38. The van der Waals surface area contributed by atoms with Gasteiger partial charge in [-0.15, -0.1) is 12.1 Å². The van der Waals surface area contributed by atoms with Crippen LogP contribution in [0.1, 0.15) is 13.8 Å². The van der Waals surface area contributed by atoms with E-state index in [2.05, 4.69) is 17.0 Å². The van der Waals surface area contributed by atoms with Crippen molar-refractivity contribution in [3.05, 3.63) is 60.7 Å². The Morgan fingerprint density at radius 2 is 1.24 bits per heavy atom. The molecule has 87 valence electrons. The van der Waals surface area contributed by atoms with Gasteiger partial charge in [-0.3, -0.25) is 0 Å². The van der Waals surface area contributed by atoms with Gasteiger partial charge in [0.2, 0.25) is 0 Å². The standard InChI is InChI=1S/C13H11N.C2H6.Y/c1-14(12-8-4-2-5-9-12)13-10-6-3-7-11-13;1-2;/h2-8,10H,1H3;1-2H3;/q-2;;. The number of nitrogens with zero attached hydrogens (tertiary/aromatic N) is 1. The van der Waals surface area contributed by atoms with E-state index in [9.17, 15) is 0 Å². The minimum atomic E-state index is 0. The van der Waals surface area contributed by atoms with Gasteiger partial charge in [0.15, 0.2) is 0 Å². The Hall–Kier alpha value is -0.656. The van der Waals surface area contributed by atoms with Crippen LogP contribution in [-0.4, -0.2) is 7.05 Å². The normalized spacial score (nSPS) is 8.41. The van der Waals surface area contributed by atoms with Gasteiger partial charge in [0.05, 0.1) is 0 Å². The predicted octanol–water partition coefficient (Wildman–Crippen LogP) is 4.08. The molecular formula is C15H17NY-2. The van der Waals surface area contributed by atoms with Crippen molar-refractivity contribution in [2.75, 3.05) is 11.9 Å². The van der Waals surface area contributed by atoms with Gasteiger partial charge in [-0.25, -0.2) is 0 Å². The molecule has 0 aromatic heterocycles. The molecule has 1 radical (unpaired) electrons. The van der Waals surface area contributed by atoms with E-state index in [1.54, 1.807) is 0 Å². The smallest absolute Gasteiger partial charge is 0.00724 e. The van der Waals surface area contributed by atoms with E-state index in [0.717, 1.165) is 11.4 Å². The average Bonchev–Trinajstić information content (AvgIpc) is 2.42. The fourth-order valence-corrected chi connectivity index (χ4v) is 1.31. The summed E-state index contributed by atoms with van der Waals surface area (Å²) in [6, 6.07) is 22.2. The first-order valence-corrected chi connectivity index (χ1v) is 5.55. The zero-order chi connectivity index (χ0) is 11.8. The molecule has 0 aliphatic rings. The molecule has 0 unspecified atom stereocenters. The summed E-state index contributed by atoms with van der Waals surface area (Å²) in [5, 5.41) is 0. The third kappa shape index (κ3) is 5.01. The topological polar surface area (TPSA) is 3.24 Å². The van der Waals surface area contributed by atoms with E-state index in [1.807, 2.05) is 69.4 Å². The average molecular weight is 300 g/mol. The number of hydrogen-bond donors (Lipinski definition) is 0. The van der Waals surface area contributed by atoms with Crippen molar-refractivity contribution >= 4 is 11.4 Å². The summed E-state index contributed by atoms with van der Waals surface area (Å²) in [5.74, 6) is 0. The molecule has 0 bridgehead atoms. The Morgan fingerprint density at radius 3 is 1.53 bits per heavy atom. The zero-order valence-corrected chi connectivity index (χ0v) is 13.5. The Kier molecular flexibility index (Phi) is 9.02. The summed E-state index contributed by atoms with van der Waals surface area (Å²) in [5.41, 5.74) is 2.10. The van der Waals surface area contributed by atoms with E-state index in [-0.39, 0.29) is 32.7 Å². The molecule has 0 N–H and O–H groups in total. The van der Waals surface area contributed by atoms with Crippen LogP contribution in [0.3, 0.4) is 0 Å². The summed E-state index contributed by atoms with van der Waals surface area (Å²) in [7, 11) is 2.01. The molecule has 2 aromatic rings. The first-order valence-electron chi connectivity index (χ1n) is 5.55. The van der Waals surface area contributed by atoms with Gasteiger partial charge in [0.25, 0.3) is 0 Å². The maximum absolute atomic E-state index is 3.17. The van der Waals surface area contributed by atoms with Crippen LogP contribution in [0.25, 0.3) is 0 Å². The quantitative estimate of drug-likeness (QED) is 0.755. The molecule has 2 heteroatoms. The van der Waals surface area contributed by atoms with Crippen LogP contribution in [0, 0.1) is 12.1 Å². The molecule has 0 aliphatic heterocycles. The summed E-state index contributed by atoms with van der Waals surface area (Å²) in [6.45, 7) is 4.00. The molecule has 0 heterocycles. The molecule has 17 heavy (non-hydrogen) atoms. The van der Waals surface area contributed by atoms with Gasteiger partial charge in [-0.1, -0.05) is 25.2 Å². The van der Waals surface area contributed by atoms with Crippen molar-refractivity contribution in [1.29, 1.82) is 0 Å². The minimum absolute atomic E-state index is 0. The maximum atomic E-state index is 3.17. The number of hydrogen-bond acceptors (Lipinski definition) is 1. The van der Waals surface area contributed by atoms with Crippen LogP contribution < -0.4 is 4.90 Å². The van der Waals surface area contributed by atoms with Crippen molar-refractivity contribution in [3.63, 3.8) is 0 Å². The van der Waals surface area contributed by atoms with E-state index in [4.69, 9.17) is 0 Å². The van der Waals surface area contributed by atoms with Crippen LogP contribution in [0.4, 0.5) is 11.4 Å². The Balaban J connectivity index is 0.000000811. The van der Waals surface area contributed by atoms with Crippen molar-refractivity contribution in [2.24, 2.45) is 0 Å². The molecule has 0 fully saturated rings. The molecule has 0 saturated carbocycles. The fraction of sp³-hybridized carbons (Fsp3) is 0.200. The van der Waals surface area contributed by atoms with Gasteiger partial charge in [-0.05, 0) is 0 Å². The molecule has 1 nitrogen and oxygen atoms in total. The molecule has 2 rings (SSSR count). The van der Waals surface area contributed by atoms with Crippen molar-refractivity contribution < 1.29 is 32.7 Å². The molecule has 0 aliphatic carbocycles. The van der Waals surface area contributed by atoms with Gasteiger partial charge in [0, 0.05) is 39.8 Å². The third-order valence-electron chi connectivity index (χ3n) is 2.11. The van der Waals surface area contributed by atoms with Crippen LogP contribution >= 0.6 is 0 Å². The fourth-order valence-electron chi connectivity index (χ4n) is 1.31. The minimum Gasteiger partial charge on any atom is -0.391 e. The second-order valence-electron chi connectivity index (χ2n) is 3.05. The Labute approximate surface area is 130 Å². The van der Waals surface area contributed by atoms with Gasteiger partial charge < -0.3 is 4.90 Å². The summed E-state index contributed by atoms with van der Waals surface area (Å²) >= 11 is 0. The van der Waals surface area contributed by atoms with Crippen molar-refractivity contribution in [3.8, 4) is 0 Å². The first-order chi connectivity index (χ1) is 7.88. The Bertz CT molecular complexity index is 347. The summed E-state index contributed by atoms with van der Waals surface area (Å²) in [6.07, 6.45) is 0. The number of anilines is 2. The van der Waals surface area contributed by atoms with E-state index in [0.29, 0.717) is 0 Å². The second-order valence-corrected chi connectivity index (χ2v) is 3.05. The largest absolute Gasteiger partial charge is 0.391 e. The van der Waals surface area contributed by atoms with E-state index in [1.165, 1.54) is 0 Å².